The van der Waals surface area contributed by atoms with Gasteiger partial charge >= 0.3 is 0 Å². The number of anilines is 2. The predicted octanol–water partition coefficient (Wildman–Crippen LogP) is 4.01. The molecule has 0 fully saturated rings. The van der Waals surface area contributed by atoms with Gasteiger partial charge in [-0.1, -0.05) is 6.07 Å². The van der Waals surface area contributed by atoms with E-state index in [1.165, 1.54) is 0 Å². The van der Waals surface area contributed by atoms with Crippen LogP contribution in [0.2, 0.25) is 0 Å². The second kappa shape index (κ2) is 7.96. The summed E-state index contributed by atoms with van der Waals surface area (Å²) in [6, 6.07) is 10.2. The van der Waals surface area contributed by atoms with Crippen molar-refractivity contribution in [3.05, 3.63) is 56.7 Å². The van der Waals surface area contributed by atoms with Crippen LogP contribution in [0.3, 0.4) is 0 Å². The van der Waals surface area contributed by atoms with Crippen molar-refractivity contribution < 1.29 is 13.2 Å². The maximum atomic E-state index is 12.7. The summed E-state index contributed by atoms with van der Waals surface area (Å²) in [4.78, 5) is 12.7. The number of aryl methyl sites for hydroxylation is 3. The molecule has 2 aromatic rings. The Hall–Kier alpha value is -1.61. The number of halogens is 1. The Balaban J connectivity index is 2.35. The van der Waals surface area contributed by atoms with Crippen LogP contribution in [0.15, 0.2) is 36.4 Å². The van der Waals surface area contributed by atoms with Crippen LogP contribution in [-0.4, -0.2) is 26.6 Å². The Bertz CT molecular complexity index is 942. The Kier molecular flexibility index (Phi) is 6.33. The molecule has 1 unspecified atom stereocenters. The summed E-state index contributed by atoms with van der Waals surface area (Å²) < 4.78 is 27.0. The molecule has 0 saturated heterocycles. The van der Waals surface area contributed by atoms with Crippen molar-refractivity contribution >= 4 is 49.9 Å². The fraction of sp³-hybridized carbons (Fsp3) is 0.316. The van der Waals surface area contributed by atoms with E-state index in [2.05, 4.69) is 27.9 Å². The van der Waals surface area contributed by atoms with Gasteiger partial charge in [0.2, 0.25) is 15.9 Å². The molecule has 0 heterocycles. The summed E-state index contributed by atoms with van der Waals surface area (Å²) in [6.07, 6.45) is 1.11. The first kappa shape index (κ1) is 20.7. The first-order chi connectivity index (χ1) is 12.0. The third-order valence-electron chi connectivity index (χ3n) is 4.28. The Labute approximate surface area is 169 Å². The molecule has 0 aromatic heterocycles. The van der Waals surface area contributed by atoms with E-state index < -0.39 is 16.1 Å². The van der Waals surface area contributed by atoms with Crippen molar-refractivity contribution in [2.75, 3.05) is 15.9 Å². The average molecular weight is 486 g/mol. The van der Waals surface area contributed by atoms with E-state index in [-0.39, 0.29) is 5.91 Å². The maximum Gasteiger partial charge on any atom is 0.248 e. The summed E-state index contributed by atoms with van der Waals surface area (Å²) in [5, 5.41) is 2.84. The number of rotatable bonds is 5. The van der Waals surface area contributed by atoms with Gasteiger partial charge in [-0.3, -0.25) is 9.10 Å². The predicted molar refractivity (Wildman–Crippen MR) is 115 cm³/mol. The normalized spacial score (nSPS) is 12.5. The molecule has 0 spiro atoms. The van der Waals surface area contributed by atoms with Crippen molar-refractivity contribution in [3.8, 4) is 0 Å². The summed E-state index contributed by atoms with van der Waals surface area (Å²) in [5.41, 5.74) is 4.12. The second-order valence-electron chi connectivity index (χ2n) is 6.45. The molecule has 0 aliphatic heterocycles. The molecule has 0 aliphatic rings. The fourth-order valence-corrected chi connectivity index (χ4v) is 4.49. The molecule has 0 saturated carbocycles. The number of hydrogen-bond donors (Lipinski definition) is 1. The number of nitrogens with zero attached hydrogens (tertiary/aromatic N) is 1. The SMILES string of the molecule is Cc1ccc(N(C(C)C(=O)Nc2ccc(I)cc2C)S(C)(=O)=O)cc1C. The number of carbonyl (C=O) groups excluding carboxylic acids is 1. The van der Waals surface area contributed by atoms with Crippen LogP contribution in [0.4, 0.5) is 11.4 Å². The van der Waals surface area contributed by atoms with Gasteiger partial charge in [0.05, 0.1) is 11.9 Å². The van der Waals surface area contributed by atoms with Gasteiger partial charge in [0.15, 0.2) is 0 Å². The summed E-state index contributed by atoms with van der Waals surface area (Å²) >= 11 is 2.20. The van der Waals surface area contributed by atoms with Gasteiger partial charge in [0.1, 0.15) is 6.04 Å². The van der Waals surface area contributed by atoms with Crippen molar-refractivity contribution in [1.82, 2.24) is 0 Å². The van der Waals surface area contributed by atoms with E-state index in [9.17, 15) is 13.2 Å². The van der Waals surface area contributed by atoms with Gasteiger partial charge < -0.3 is 5.32 Å². The van der Waals surface area contributed by atoms with E-state index in [0.29, 0.717) is 11.4 Å². The number of carbonyl (C=O) groups is 1. The minimum absolute atomic E-state index is 0.377. The Morgan fingerprint density at radius 1 is 1.04 bits per heavy atom. The summed E-state index contributed by atoms with van der Waals surface area (Å²) in [6.45, 7) is 7.37. The molecule has 140 valence electrons. The molecule has 2 rings (SSSR count). The van der Waals surface area contributed by atoms with Crippen LogP contribution in [0.5, 0.6) is 0 Å². The van der Waals surface area contributed by atoms with Crippen molar-refractivity contribution in [3.63, 3.8) is 0 Å². The van der Waals surface area contributed by atoms with Gasteiger partial charge in [-0.05, 0) is 97.3 Å². The molecule has 0 aliphatic carbocycles. The van der Waals surface area contributed by atoms with Crippen molar-refractivity contribution in [2.24, 2.45) is 0 Å². The zero-order valence-corrected chi connectivity index (χ0v) is 18.5. The van der Waals surface area contributed by atoms with Crippen LogP contribution < -0.4 is 9.62 Å². The lowest BCUT2D eigenvalue weighted by Crippen LogP contribution is -2.45. The first-order valence-corrected chi connectivity index (χ1v) is 11.1. The van der Waals surface area contributed by atoms with Gasteiger partial charge in [0, 0.05) is 9.26 Å². The smallest absolute Gasteiger partial charge is 0.248 e. The lowest BCUT2D eigenvalue weighted by atomic mass is 10.1. The Morgan fingerprint density at radius 2 is 1.69 bits per heavy atom. The molecule has 0 bridgehead atoms. The van der Waals surface area contributed by atoms with Crippen LogP contribution in [0, 0.1) is 24.3 Å². The van der Waals surface area contributed by atoms with E-state index in [1.54, 1.807) is 19.1 Å². The number of hydrogen-bond acceptors (Lipinski definition) is 3. The van der Waals surface area contributed by atoms with Crippen LogP contribution >= 0.6 is 22.6 Å². The summed E-state index contributed by atoms with van der Waals surface area (Å²) in [5.74, 6) is -0.377. The zero-order chi connectivity index (χ0) is 19.6. The molecule has 1 amide bonds. The highest BCUT2D eigenvalue weighted by Crippen LogP contribution is 2.25. The van der Waals surface area contributed by atoms with Gasteiger partial charge in [-0.2, -0.15) is 0 Å². The average Bonchev–Trinajstić information content (AvgIpc) is 2.52. The molecule has 1 N–H and O–H groups in total. The third kappa shape index (κ3) is 4.76. The monoisotopic (exact) mass is 486 g/mol. The van der Waals surface area contributed by atoms with Gasteiger partial charge in [-0.15, -0.1) is 0 Å². The van der Waals surface area contributed by atoms with Crippen LogP contribution in [-0.2, 0) is 14.8 Å². The number of amides is 1. The highest BCUT2D eigenvalue weighted by atomic mass is 127. The maximum absolute atomic E-state index is 12.7. The standard InChI is InChI=1S/C19H23IN2O3S/c1-12-6-8-17(11-13(12)2)22(26(5,24)25)15(4)19(23)21-18-9-7-16(20)10-14(18)3/h6-11,15H,1-5H3,(H,21,23). The molecule has 5 nitrogen and oxygen atoms in total. The van der Waals surface area contributed by atoms with E-state index in [4.69, 9.17) is 0 Å². The molecule has 1 atom stereocenters. The number of sulfonamides is 1. The minimum atomic E-state index is -3.63. The van der Waals surface area contributed by atoms with E-state index >= 15 is 0 Å². The minimum Gasteiger partial charge on any atom is -0.324 e. The van der Waals surface area contributed by atoms with E-state index in [1.807, 2.05) is 45.0 Å². The van der Waals surface area contributed by atoms with E-state index in [0.717, 1.165) is 30.8 Å². The number of nitrogens with one attached hydrogen (secondary N) is 1. The highest BCUT2D eigenvalue weighted by molar-refractivity contribution is 14.1. The lowest BCUT2D eigenvalue weighted by Gasteiger charge is -2.29. The molecular formula is C19H23IN2O3S. The fourth-order valence-electron chi connectivity index (χ4n) is 2.68. The topological polar surface area (TPSA) is 66.5 Å². The van der Waals surface area contributed by atoms with Gasteiger partial charge in [0.25, 0.3) is 0 Å². The van der Waals surface area contributed by atoms with Crippen LogP contribution in [0.25, 0.3) is 0 Å². The molecule has 0 radical (unpaired) electrons. The lowest BCUT2D eigenvalue weighted by molar-refractivity contribution is -0.116. The summed E-state index contributed by atoms with van der Waals surface area (Å²) in [7, 11) is -3.63. The quantitative estimate of drug-likeness (QED) is 0.650. The molecule has 2 aromatic carbocycles. The van der Waals surface area contributed by atoms with Crippen LogP contribution in [0.1, 0.15) is 23.6 Å². The number of benzene rings is 2. The molecule has 7 heteroatoms. The molecule has 26 heavy (non-hydrogen) atoms. The molecular weight excluding hydrogens is 463 g/mol. The van der Waals surface area contributed by atoms with Crippen molar-refractivity contribution in [1.29, 1.82) is 0 Å². The zero-order valence-electron chi connectivity index (χ0n) is 15.5. The van der Waals surface area contributed by atoms with Crippen molar-refractivity contribution in [2.45, 2.75) is 33.7 Å². The third-order valence-corrected chi connectivity index (χ3v) is 6.19. The Morgan fingerprint density at radius 3 is 2.23 bits per heavy atom. The first-order valence-electron chi connectivity index (χ1n) is 8.14. The highest BCUT2D eigenvalue weighted by Gasteiger charge is 2.29. The largest absolute Gasteiger partial charge is 0.324 e. The second-order valence-corrected chi connectivity index (χ2v) is 9.56. The van der Waals surface area contributed by atoms with Gasteiger partial charge in [-0.25, -0.2) is 8.42 Å².